The second kappa shape index (κ2) is 9.23. The topological polar surface area (TPSA) is 68.2 Å². The molecule has 4 rings (SSSR count). The molecule has 0 saturated carbocycles. The van der Waals surface area contributed by atoms with E-state index in [1.165, 1.54) is 24.0 Å². The van der Waals surface area contributed by atoms with E-state index in [-0.39, 0.29) is 24.0 Å². The second-order valence-corrected chi connectivity index (χ2v) is 7.02. The van der Waals surface area contributed by atoms with E-state index in [1.807, 2.05) is 36.1 Å². The largest absolute Gasteiger partial charge is 0.370 e. The first-order valence-electron chi connectivity index (χ1n) is 9.46. The van der Waals surface area contributed by atoms with Gasteiger partial charge in [0.2, 0.25) is 0 Å². The third kappa shape index (κ3) is 4.55. The quantitative estimate of drug-likeness (QED) is 0.323. The van der Waals surface area contributed by atoms with Gasteiger partial charge in [0.1, 0.15) is 0 Å². The number of anilines is 1. The number of benzene rings is 2. The Labute approximate surface area is 183 Å². The monoisotopic (exact) mass is 487 g/mol. The molecule has 0 atom stereocenters. The van der Waals surface area contributed by atoms with Crippen LogP contribution in [0.3, 0.4) is 0 Å². The summed E-state index contributed by atoms with van der Waals surface area (Å²) in [5.41, 5.74) is 13.2. The van der Waals surface area contributed by atoms with Gasteiger partial charge in [0.15, 0.2) is 5.96 Å². The van der Waals surface area contributed by atoms with Gasteiger partial charge in [-0.15, -0.1) is 24.0 Å². The molecule has 0 radical (unpaired) electrons. The van der Waals surface area contributed by atoms with Gasteiger partial charge in [0.05, 0.1) is 12.2 Å². The number of nitrogens with zero attached hydrogens (tertiary/aromatic N) is 3. The molecule has 6 heteroatoms. The Kier molecular flexibility index (Phi) is 6.72. The average Bonchev–Trinajstić information content (AvgIpc) is 3.08. The number of guanidine groups is 1. The minimum absolute atomic E-state index is 0. The molecular formula is C22H26IN5. The van der Waals surface area contributed by atoms with Crippen molar-refractivity contribution in [2.45, 2.75) is 32.2 Å². The maximum Gasteiger partial charge on any atom is 0.193 e. The first-order valence-corrected chi connectivity index (χ1v) is 9.46. The molecule has 1 heterocycles. The van der Waals surface area contributed by atoms with Crippen LogP contribution in [0.15, 0.2) is 59.7 Å². The number of fused-ring (bicyclic) bond motifs is 1. The smallest absolute Gasteiger partial charge is 0.193 e. The lowest BCUT2D eigenvalue weighted by Crippen LogP contribution is -2.24. The summed E-state index contributed by atoms with van der Waals surface area (Å²) in [6.45, 7) is 0.492. The predicted molar refractivity (Wildman–Crippen MR) is 126 cm³/mol. The van der Waals surface area contributed by atoms with E-state index in [0.717, 1.165) is 35.3 Å². The fourth-order valence-electron chi connectivity index (χ4n) is 3.74. The van der Waals surface area contributed by atoms with Gasteiger partial charge >= 0.3 is 0 Å². The fraction of sp³-hybridized carbons (Fsp3) is 0.273. The third-order valence-electron chi connectivity index (χ3n) is 5.03. The van der Waals surface area contributed by atoms with Crippen molar-refractivity contribution in [3.05, 3.63) is 71.4 Å². The van der Waals surface area contributed by atoms with Crippen molar-refractivity contribution in [3.8, 4) is 11.3 Å². The standard InChI is InChI=1S/C22H25N5.HI/c1-27-15-18(21(26-27)17-9-3-2-4-10-17)14-24-22(23)25-20-13-7-11-16-8-5-6-12-19(16)20;/h2-4,7,9-11,13,15H,5-6,8,12,14H2,1H3,(H3,23,24,25);1H. The molecule has 0 saturated heterocycles. The Bertz CT molecular complexity index is 962. The summed E-state index contributed by atoms with van der Waals surface area (Å²) in [6, 6.07) is 16.6. The van der Waals surface area contributed by atoms with Crippen molar-refractivity contribution >= 4 is 35.6 Å². The van der Waals surface area contributed by atoms with Crippen LogP contribution in [0.4, 0.5) is 5.69 Å². The summed E-state index contributed by atoms with van der Waals surface area (Å²) in [6.07, 6.45) is 6.76. The van der Waals surface area contributed by atoms with E-state index >= 15 is 0 Å². The molecule has 2 aromatic carbocycles. The number of hydrogen-bond acceptors (Lipinski definition) is 2. The van der Waals surface area contributed by atoms with Crippen molar-refractivity contribution in [1.29, 1.82) is 0 Å². The molecule has 0 fully saturated rings. The fourth-order valence-corrected chi connectivity index (χ4v) is 3.74. The van der Waals surface area contributed by atoms with E-state index in [1.54, 1.807) is 0 Å². The molecule has 0 bridgehead atoms. The predicted octanol–water partition coefficient (Wildman–Crippen LogP) is 4.51. The van der Waals surface area contributed by atoms with Gasteiger partial charge in [-0.2, -0.15) is 5.10 Å². The zero-order valence-electron chi connectivity index (χ0n) is 16.1. The SMILES string of the molecule is Cn1cc(CN=C(N)Nc2cccc3c2CCCC3)c(-c2ccccc2)n1.I. The molecule has 1 aliphatic rings. The zero-order valence-corrected chi connectivity index (χ0v) is 18.4. The number of rotatable bonds is 4. The van der Waals surface area contributed by atoms with Crippen LogP contribution in [0, 0.1) is 0 Å². The van der Waals surface area contributed by atoms with Crippen molar-refractivity contribution in [1.82, 2.24) is 9.78 Å². The number of aryl methyl sites for hydroxylation is 2. The van der Waals surface area contributed by atoms with Crippen molar-refractivity contribution < 1.29 is 0 Å². The molecule has 28 heavy (non-hydrogen) atoms. The van der Waals surface area contributed by atoms with Crippen molar-refractivity contribution in [2.75, 3.05) is 5.32 Å². The Morgan fingerprint density at radius 3 is 2.71 bits per heavy atom. The second-order valence-electron chi connectivity index (χ2n) is 7.02. The van der Waals surface area contributed by atoms with Crippen LogP contribution in [0.5, 0.6) is 0 Å². The Balaban J connectivity index is 0.00000225. The van der Waals surface area contributed by atoms with Crippen LogP contribution >= 0.6 is 24.0 Å². The van der Waals surface area contributed by atoms with E-state index in [9.17, 15) is 0 Å². The summed E-state index contributed by atoms with van der Waals surface area (Å²) in [5.74, 6) is 0.442. The average molecular weight is 487 g/mol. The normalized spacial score (nSPS) is 13.5. The number of hydrogen-bond donors (Lipinski definition) is 2. The Hall–Kier alpha value is -2.35. The van der Waals surface area contributed by atoms with Crippen LogP contribution in [0.2, 0.25) is 0 Å². The number of nitrogens with two attached hydrogens (primary N) is 1. The van der Waals surface area contributed by atoms with Crippen molar-refractivity contribution in [2.24, 2.45) is 17.8 Å². The van der Waals surface area contributed by atoms with Crippen LogP contribution in [0.1, 0.15) is 29.5 Å². The van der Waals surface area contributed by atoms with E-state index < -0.39 is 0 Å². The van der Waals surface area contributed by atoms with E-state index in [2.05, 4.69) is 45.7 Å². The van der Waals surface area contributed by atoms with Gasteiger partial charge in [-0.3, -0.25) is 4.68 Å². The molecular weight excluding hydrogens is 461 g/mol. The van der Waals surface area contributed by atoms with Crippen LogP contribution in [0.25, 0.3) is 11.3 Å². The van der Waals surface area contributed by atoms with Gasteiger partial charge in [-0.05, 0) is 42.9 Å². The maximum atomic E-state index is 6.19. The lowest BCUT2D eigenvalue weighted by Gasteiger charge is -2.19. The van der Waals surface area contributed by atoms with Gasteiger partial charge in [-0.25, -0.2) is 4.99 Å². The van der Waals surface area contributed by atoms with Crippen LogP contribution in [-0.2, 0) is 26.4 Å². The van der Waals surface area contributed by atoms with Crippen molar-refractivity contribution in [3.63, 3.8) is 0 Å². The van der Waals surface area contributed by atoms with Gasteiger partial charge in [0, 0.05) is 30.1 Å². The van der Waals surface area contributed by atoms with Gasteiger partial charge in [-0.1, -0.05) is 42.5 Å². The Morgan fingerprint density at radius 2 is 1.89 bits per heavy atom. The summed E-state index contributed by atoms with van der Waals surface area (Å²) in [7, 11) is 1.93. The molecule has 0 aliphatic heterocycles. The molecule has 0 unspecified atom stereocenters. The number of halogens is 1. The lowest BCUT2D eigenvalue weighted by molar-refractivity contribution is 0.687. The number of nitrogens with one attached hydrogen (secondary N) is 1. The molecule has 1 aliphatic carbocycles. The molecule has 146 valence electrons. The highest BCUT2D eigenvalue weighted by atomic mass is 127. The first-order chi connectivity index (χ1) is 13.2. The molecule has 0 amide bonds. The van der Waals surface area contributed by atoms with Gasteiger partial charge in [0.25, 0.3) is 0 Å². The molecule has 3 N–H and O–H groups in total. The minimum Gasteiger partial charge on any atom is -0.370 e. The highest BCUT2D eigenvalue weighted by Crippen LogP contribution is 2.28. The van der Waals surface area contributed by atoms with Crippen LogP contribution in [-0.4, -0.2) is 15.7 Å². The molecule has 5 nitrogen and oxygen atoms in total. The van der Waals surface area contributed by atoms with E-state index in [4.69, 9.17) is 5.73 Å². The lowest BCUT2D eigenvalue weighted by atomic mass is 9.90. The summed E-state index contributed by atoms with van der Waals surface area (Å²) >= 11 is 0. The Morgan fingerprint density at radius 1 is 1.11 bits per heavy atom. The van der Waals surface area contributed by atoms with Crippen LogP contribution < -0.4 is 11.1 Å². The zero-order chi connectivity index (χ0) is 18.6. The minimum atomic E-state index is 0. The molecule has 3 aromatic rings. The number of aromatic nitrogens is 2. The molecule has 0 spiro atoms. The summed E-state index contributed by atoms with van der Waals surface area (Å²) < 4.78 is 1.82. The third-order valence-corrected chi connectivity index (χ3v) is 5.03. The highest BCUT2D eigenvalue weighted by molar-refractivity contribution is 14.0. The summed E-state index contributed by atoms with van der Waals surface area (Å²) in [4.78, 5) is 4.57. The first kappa shape index (κ1) is 20.4. The highest BCUT2D eigenvalue weighted by Gasteiger charge is 2.13. The molecule has 1 aromatic heterocycles. The van der Waals surface area contributed by atoms with E-state index in [0.29, 0.717) is 12.5 Å². The summed E-state index contributed by atoms with van der Waals surface area (Å²) in [5, 5.41) is 7.89. The number of aliphatic imine (C=N–C) groups is 1. The maximum absolute atomic E-state index is 6.19. The van der Waals surface area contributed by atoms with Gasteiger partial charge < -0.3 is 11.1 Å².